The molecule has 2 unspecified atom stereocenters. The van der Waals surface area contributed by atoms with Crippen molar-refractivity contribution in [1.82, 2.24) is 14.9 Å². The molecule has 0 bridgehead atoms. The number of anilines is 2. The van der Waals surface area contributed by atoms with Gasteiger partial charge < -0.3 is 15.0 Å². The number of fused-ring (bicyclic) bond motifs is 1. The topological polar surface area (TPSA) is 53.5 Å². The van der Waals surface area contributed by atoms with E-state index in [1.807, 2.05) is 6.20 Å². The van der Waals surface area contributed by atoms with Gasteiger partial charge >= 0.3 is 0 Å². The summed E-state index contributed by atoms with van der Waals surface area (Å²) >= 11 is 0. The standard InChI is InChI=1S/C28H47N5O/c1-3-12-28(4-2)18-22-17-24(34-25(22)19-28)21-33-16-9-10-23(33)20-30-27-29-13-11-26(31-27)32-14-7-5-6-8-15-32/h11,13,22-25H,3-10,12,14-21H2,1-2H3,(H,29,30,31)/t22-,23?,24-,25+,28?/m0/s1. The van der Waals surface area contributed by atoms with Crippen molar-refractivity contribution >= 4 is 11.8 Å². The van der Waals surface area contributed by atoms with Gasteiger partial charge in [-0.25, -0.2) is 4.98 Å². The van der Waals surface area contributed by atoms with Gasteiger partial charge in [0.05, 0.1) is 12.2 Å². The summed E-state index contributed by atoms with van der Waals surface area (Å²) in [6, 6.07) is 2.63. The summed E-state index contributed by atoms with van der Waals surface area (Å²) in [5, 5.41) is 3.58. The molecule has 1 aliphatic carbocycles. The Balaban J connectivity index is 1.11. The second-order valence-corrected chi connectivity index (χ2v) is 11.6. The number of aromatic nitrogens is 2. The van der Waals surface area contributed by atoms with E-state index in [1.54, 1.807) is 0 Å². The molecule has 5 rings (SSSR count). The average molecular weight is 470 g/mol. The van der Waals surface area contributed by atoms with Gasteiger partial charge in [0.2, 0.25) is 5.95 Å². The first-order valence-electron chi connectivity index (χ1n) is 14.4. The first kappa shape index (κ1) is 24.3. The van der Waals surface area contributed by atoms with Crippen molar-refractivity contribution in [3.8, 4) is 0 Å². The molecule has 0 radical (unpaired) electrons. The third-order valence-corrected chi connectivity index (χ3v) is 9.32. The van der Waals surface area contributed by atoms with Crippen LogP contribution in [0.1, 0.15) is 90.9 Å². The van der Waals surface area contributed by atoms with Crippen molar-refractivity contribution in [1.29, 1.82) is 0 Å². The largest absolute Gasteiger partial charge is 0.373 e. The van der Waals surface area contributed by atoms with Crippen LogP contribution in [0.3, 0.4) is 0 Å². The van der Waals surface area contributed by atoms with E-state index >= 15 is 0 Å². The van der Waals surface area contributed by atoms with E-state index in [4.69, 9.17) is 9.72 Å². The smallest absolute Gasteiger partial charge is 0.224 e. The molecule has 5 atom stereocenters. The van der Waals surface area contributed by atoms with Gasteiger partial charge in [-0.1, -0.05) is 39.5 Å². The predicted molar refractivity (Wildman–Crippen MR) is 139 cm³/mol. The molecule has 190 valence electrons. The Morgan fingerprint density at radius 1 is 1.09 bits per heavy atom. The van der Waals surface area contributed by atoms with Crippen molar-refractivity contribution in [2.75, 3.05) is 42.9 Å². The summed E-state index contributed by atoms with van der Waals surface area (Å²) in [6.45, 7) is 10.2. The highest BCUT2D eigenvalue weighted by Gasteiger charge is 2.49. The molecule has 4 fully saturated rings. The van der Waals surface area contributed by atoms with E-state index in [0.29, 0.717) is 23.7 Å². The van der Waals surface area contributed by atoms with Crippen LogP contribution in [-0.2, 0) is 4.74 Å². The number of likely N-dealkylation sites (tertiary alicyclic amines) is 1. The van der Waals surface area contributed by atoms with Gasteiger partial charge in [0.25, 0.3) is 0 Å². The summed E-state index contributed by atoms with van der Waals surface area (Å²) in [6.07, 6.45) is 18.6. The Morgan fingerprint density at radius 3 is 2.71 bits per heavy atom. The van der Waals surface area contributed by atoms with Crippen molar-refractivity contribution in [2.24, 2.45) is 11.3 Å². The Bertz CT molecular complexity index is 766. The van der Waals surface area contributed by atoms with Gasteiger partial charge in [0, 0.05) is 38.4 Å². The quantitative estimate of drug-likeness (QED) is 0.516. The second-order valence-electron chi connectivity index (χ2n) is 11.6. The maximum Gasteiger partial charge on any atom is 0.224 e. The average Bonchev–Trinajstić information content (AvgIpc) is 3.45. The number of nitrogens with one attached hydrogen (secondary N) is 1. The van der Waals surface area contributed by atoms with Crippen molar-refractivity contribution < 1.29 is 4.74 Å². The molecule has 4 aliphatic rings. The van der Waals surface area contributed by atoms with Crippen LogP contribution in [0, 0.1) is 11.3 Å². The van der Waals surface area contributed by atoms with Gasteiger partial charge in [0.1, 0.15) is 5.82 Å². The molecule has 1 aromatic rings. The summed E-state index contributed by atoms with van der Waals surface area (Å²) in [7, 11) is 0. The third kappa shape index (κ3) is 5.53. The minimum Gasteiger partial charge on any atom is -0.373 e. The lowest BCUT2D eigenvalue weighted by Crippen LogP contribution is -2.40. The molecule has 6 heteroatoms. The Hall–Kier alpha value is -1.40. The van der Waals surface area contributed by atoms with Gasteiger partial charge in [-0.3, -0.25) is 4.90 Å². The van der Waals surface area contributed by atoms with Gasteiger partial charge in [-0.2, -0.15) is 4.98 Å². The maximum absolute atomic E-state index is 6.66. The number of hydrogen-bond donors (Lipinski definition) is 1. The zero-order chi connectivity index (χ0) is 23.4. The van der Waals surface area contributed by atoms with Gasteiger partial charge in [0.15, 0.2) is 0 Å². The first-order chi connectivity index (χ1) is 16.7. The van der Waals surface area contributed by atoms with Crippen LogP contribution in [0.4, 0.5) is 11.8 Å². The zero-order valence-corrected chi connectivity index (χ0v) is 21.7. The van der Waals surface area contributed by atoms with Crippen LogP contribution in [0.2, 0.25) is 0 Å². The molecule has 3 saturated heterocycles. The fraction of sp³-hybridized carbons (Fsp3) is 0.857. The highest BCUT2D eigenvalue weighted by molar-refractivity contribution is 5.42. The second kappa shape index (κ2) is 11.1. The molecule has 3 aliphatic heterocycles. The van der Waals surface area contributed by atoms with Gasteiger partial charge in [-0.15, -0.1) is 0 Å². The van der Waals surface area contributed by atoms with E-state index in [0.717, 1.165) is 43.9 Å². The highest BCUT2D eigenvalue weighted by atomic mass is 16.5. The van der Waals surface area contributed by atoms with Crippen molar-refractivity contribution in [3.05, 3.63) is 12.3 Å². The normalized spacial score (nSPS) is 34.4. The minimum absolute atomic E-state index is 0.426. The molecular weight excluding hydrogens is 422 g/mol. The fourth-order valence-electron chi connectivity index (χ4n) is 7.46. The summed E-state index contributed by atoms with van der Waals surface area (Å²) < 4.78 is 6.66. The van der Waals surface area contributed by atoms with Gasteiger partial charge in [-0.05, 0) is 75.3 Å². The van der Waals surface area contributed by atoms with Crippen molar-refractivity contribution in [2.45, 2.75) is 109 Å². The van der Waals surface area contributed by atoms with Crippen LogP contribution >= 0.6 is 0 Å². The maximum atomic E-state index is 6.66. The molecule has 1 aromatic heterocycles. The van der Waals surface area contributed by atoms with E-state index < -0.39 is 0 Å². The summed E-state index contributed by atoms with van der Waals surface area (Å²) in [5.41, 5.74) is 0.566. The molecule has 34 heavy (non-hydrogen) atoms. The summed E-state index contributed by atoms with van der Waals surface area (Å²) in [4.78, 5) is 14.5. The van der Waals surface area contributed by atoms with E-state index in [2.05, 4.69) is 40.0 Å². The van der Waals surface area contributed by atoms with E-state index in [9.17, 15) is 0 Å². The lowest BCUT2D eigenvalue weighted by molar-refractivity contribution is 0.00791. The molecule has 0 spiro atoms. The molecule has 6 nitrogen and oxygen atoms in total. The van der Waals surface area contributed by atoms with Crippen LogP contribution in [0.5, 0.6) is 0 Å². The van der Waals surface area contributed by atoms with Crippen LogP contribution < -0.4 is 10.2 Å². The summed E-state index contributed by atoms with van der Waals surface area (Å²) in [5.74, 6) is 2.66. The zero-order valence-electron chi connectivity index (χ0n) is 21.7. The molecular formula is C28H47N5O. The molecule has 1 saturated carbocycles. The third-order valence-electron chi connectivity index (χ3n) is 9.32. The van der Waals surface area contributed by atoms with Crippen LogP contribution in [0.15, 0.2) is 12.3 Å². The molecule has 0 amide bonds. The van der Waals surface area contributed by atoms with Crippen molar-refractivity contribution in [3.63, 3.8) is 0 Å². The first-order valence-corrected chi connectivity index (χ1v) is 14.4. The Morgan fingerprint density at radius 2 is 1.94 bits per heavy atom. The number of nitrogens with zero attached hydrogens (tertiary/aromatic N) is 4. The molecule has 1 N–H and O–H groups in total. The number of ether oxygens (including phenoxy) is 1. The Kier molecular flexibility index (Phi) is 7.94. The fourth-order valence-corrected chi connectivity index (χ4v) is 7.46. The minimum atomic E-state index is 0.426. The number of hydrogen-bond acceptors (Lipinski definition) is 6. The predicted octanol–water partition coefficient (Wildman–Crippen LogP) is 5.50. The van der Waals surface area contributed by atoms with E-state index in [-0.39, 0.29) is 0 Å². The lowest BCUT2D eigenvalue weighted by Gasteiger charge is -2.31. The molecule has 0 aromatic carbocycles. The van der Waals surface area contributed by atoms with E-state index in [1.165, 1.54) is 83.6 Å². The highest BCUT2D eigenvalue weighted by Crippen LogP contribution is 2.53. The Labute approximate surface area is 207 Å². The van der Waals surface area contributed by atoms with Crippen LogP contribution in [-0.4, -0.2) is 65.8 Å². The molecule has 4 heterocycles. The SMILES string of the molecule is CCCC1(CC)C[C@@H]2C[C@@H](CN3CCCC3CNc3nccc(N4CCCCCC4)n3)O[C@@H]2C1. The monoisotopic (exact) mass is 469 g/mol. The van der Waals surface area contributed by atoms with Crippen LogP contribution in [0.25, 0.3) is 0 Å². The lowest BCUT2D eigenvalue weighted by atomic mass is 9.78. The number of rotatable bonds is 9.